The fourth-order valence-corrected chi connectivity index (χ4v) is 2.44. The molecular weight excluding hydrogens is 407 g/mol. The molecule has 1 saturated heterocycles. The standard InChI is InChI=1S/C15H25Cl3N4O4/c1-8(2)11(19)12(23)20-9(3)13(24)22-6-4-5-10(21-22)14(25)26-7-15(16,17)18/h8-11,21H,4-7,19H2,1-3H3,(H,20,23)/t9-,10?,11-/m0/s1. The summed E-state index contributed by atoms with van der Waals surface area (Å²) >= 11 is 16.7. The van der Waals surface area contributed by atoms with Gasteiger partial charge in [-0.25, -0.2) is 5.43 Å². The van der Waals surface area contributed by atoms with Crippen molar-refractivity contribution < 1.29 is 19.1 Å². The lowest BCUT2D eigenvalue weighted by atomic mass is 10.0. The summed E-state index contributed by atoms with van der Waals surface area (Å²) in [5.74, 6) is -1.46. The zero-order valence-corrected chi connectivity index (χ0v) is 17.2. The molecular formula is C15H25Cl3N4O4. The van der Waals surface area contributed by atoms with Crippen LogP contribution in [0.2, 0.25) is 0 Å². The van der Waals surface area contributed by atoms with Crippen molar-refractivity contribution in [2.75, 3.05) is 13.2 Å². The van der Waals surface area contributed by atoms with Gasteiger partial charge in [0.1, 0.15) is 18.7 Å². The molecule has 1 unspecified atom stereocenters. The number of hydrazine groups is 1. The third kappa shape index (κ3) is 7.44. The Morgan fingerprint density at radius 1 is 1.31 bits per heavy atom. The predicted molar refractivity (Wildman–Crippen MR) is 99.5 cm³/mol. The summed E-state index contributed by atoms with van der Waals surface area (Å²) in [5, 5.41) is 3.87. The first-order chi connectivity index (χ1) is 11.9. The van der Waals surface area contributed by atoms with Gasteiger partial charge in [-0.1, -0.05) is 48.7 Å². The molecule has 1 rings (SSSR count). The lowest BCUT2D eigenvalue weighted by Crippen LogP contribution is -2.60. The highest BCUT2D eigenvalue weighted by atomic mass is 35.6. The molecule has 3 atom stereocenters. The van der Waals surface area contributed by atoms with Crippen molar-refractivity contribution in [2.24, 2.45) is 11.7 Å². The Hall–Kier alpha value is -0.800. The SMILES string of the molecule is CC(C)[C@H](N)C(=O)N[C@@H](C)C(=O)N1CCCC(C(=O)OCC(Cl)(Cl)Cl)N1. The number of nitrogens with two attached hydrogens (primary N) is 1. The monoisotopic (exact) mass is 430 g/mol. The summed E-state index contributed by atoms with van der Waals surface area (Å²) < 4.78 is 3.23. The molecule has 0 saturated carbocycles. The molecule has 2 amide bonds. The molecule has 0 spiro atoms. The molecule has 0 aromatic carbocycles. The van der Waals surface area contributed by atoms with Gasteiger partial charge < -0.3 is 15.8 Å². The van der Waals surface area contributed by atoms with E-state index < -0.39 is 33.8 Å². The molecule has 8 nitrogen and oxygen atoms in total. The van der Waals surface area contributed by atoms with Crippen molar-refractivity contribution in [1.82, 2.24) is 15.8 Å². The Balaban J connectivity index is 2.58. The summed E-state index contributed by atoms with van der Waals surface area (Å²) in [6.07, 6.45) is 1.06. The van der Waals surface area contributed by atoms with Gasteiger partial charge in [-0.3, -0.25) is 19.4 Å². The maximum absolute atomic E-state index is 12.5. The van der Waals surface area contributed by atoms with E-state index in [1.54, 1.807) is 6.92 Å². The van der Waals surface area contributed by atoms with Crippen LogP contribution in [0.5, 0.6) is 0 Å². The molecule has 1 fully saturated rings. The number of hydrogen-bond acceptors (Lipinski definition) is 6. The number of nitrogens with one attached hydrogen (secondary N) is 2. The van der Waals surface area contributed by atoms with E-state index in [0.717, 1.165) is 0 Å². The van der Waals surface area contributed by atoms with E-state index in [-0.39, 0.29) is 18.4 Å². The Morgan fingerprint density at radius 2 is 1.92 bits per heavy atom. The number of esters is 1. The highest BCUT2D eigenvalue weighted by molar-refractivity contribution is 6.67. The molecule has 11 heteroatoms. The van der Waals surface area contributed by atoms with E-state index in [0.29, 0.717) is 19.4 Å². The number of rotatable bonds is 6. The van der Waals surface area contributed by atoms with Crippen LogP contribution in [0, 0.1) is 5.92 Å². The van der Waals surface area contributed by atoms with Crippen LogP contribution < -0.4 is 16.5 Å². The molecule has 1 heterocycles. The van der Waals surface area contributed by atoms with Gasteiger partial charge in [0.25, 0.3) is 5.91 Å². The van der Waals surface area contributed by atoms with E-state index in [4.69, 9.17) is 45.3 Å². The maximum Gasteiger partial charge on any atom is 0.325 e. The lowest BCUT2D eigenvalue weighted by molar-refractivity contribution is -0.152. The highest BCUT2D eigenvalue weighted by Gasteiger charge is 2.33. The first kappa shape index (κ1) is 23.2. The number of carbonyl (C=O) groups excluding carboxylic acids is 3. The van der Waals surface area contributed by atoms with E-state index >= 15 is 0 Å². The van der Waals surface area contributed by atoms with E-state index in [2.05, 4.69) is 10.7 Å². The third-order valence-corrected chi connectivity index (χ3v) is 4.19. The van der Waals surface area contributed by atoms with Gasteiger partial charge in [0.05, 0.1) is 6.04 Å². The van der Waals surface area contributed by atoms with E-state index in [9.17, 15) is 14.4 Å². The molecule has 0 aromatic heterocycles. The van der Waals surface area contributed by atoms with Crippen LogP contribution in [0.3, 0.4) is 0 Å². The number of halogens is 3. The number of ether oxygens (including phenoxy) is 1. The van der Waals surface area contributed by atoms with Crippen LogP contribution in [0.4, 0.5) is 0 Å². The average Bonchev–Trinajstić information content (AvgIpc) is 2.57. The van der Waals surface area contributed by atoms with Crippen LogP contribution in [0.15, 0.2) is 0 Å². The summed E-state index contributed by atoms with van der Waals surface area (Å²) in [4.78, 5) is 36.5. The minimum Gasteiger partial charge on any atom is -0.460 e. The molecule has 26 heavy (non-hydrogen) atoms. The third-order valence-electron chi connectivity index (χ3n) is 3.87. The number of carbonyl (C=O) groups is 3. The van der Waals surface area contributed by atoms with Crippen molar-refractivity contribution in [3.05, 3.63) is 0 Å². The fraction of sp³-hybridized carbons (Fsp3) is 0.800. The highest BCUT2D eigenvalue weighted by Crippen LogP contribution is 2.26. The number of nitrogens with zero attached hydrogens (tertiary/aromatic N) is 1. The zero-order chi connectivity index (χ0) is 20.1. The van der Waals surface area contributed by atoms with Crippen LogP contribution >= 0.6 is 34.8 Å². The summed E-state index contributed by atoms with van der Waals surface area (Å²) in [5.41, 5.74) is 8.56. The number of hydrogen-bond donors (Lipinski definition) is 3. The van der Waals surface area contributed by atoms with Gasteiger partial charge in [-0.15, -0.1) is 0 Å². The Labute approximate surface area is 168 Å². The normalized spacial score (nSPS) is 20.5. The van der Waals surface area contributed by atoms with Crippen molar-refractivity contribution in [2.45, 2.75) is 55.5 Å². The van der Waals surface area contributed by atoms with Crippen molar-refractivity contribution in [3.8, 4) is 0 Å². The quantitative estimate of drug-likeness (QED) is 0.425. The van der Waals surface area contributed by atoms with Crippen LogP contribution in [0.1, 0.15) is 33.6 Å². The molecule has 0 aromatic rings. The largest absolute Gasteiger partial charge is 0.460 e. The smallest absolute Gasteiger partial charge is 0.325 e. The average molecular weight is 432 g/mol. The van der Waals surface area contributed by atoms with Gasteiger partial charge >= 0.3 is 5.97 Å². The second-order valence-electron chi connectivity index (χ2n) is 6.54. The summed E-state index contributed by atoms with van der Waals surface area (Å²) in [6.45, 7) is 5.19. The first-order valence-corrected chi connectivity index (χ1v) is 9.42. The first-order valence-electron chi connectivity index (χ1n) is 8.29. The Kier molecular flexibility index (Phi) is 8.88. The Morgan fingerprint density at radius 3 is 2.46 bits per heavy atom. The van der Waals surface area contributed by atoms with Gasteiger partial charge in [0.15, 0.2) is 0 Å². The second kappa shape index (κ2) is 9.94. The number of alkyl halides is 3. The van der Waals surface area contributed by atoms with E-state index in [1.165, 1.54) is 5.01 Å². The Bertz CT molecular complexity index is 528. The van der Waals surface area contributed by atoms with Crippen LogP contribution in [-0.4, -0.2) is 57.9 Å². The molecule has 0 aliphatic carbocycles. The summed E-state index contributed by atoms with van der Waals surface area (Å²) in [7, 11) is 0. The van der Waals surface area contributed by atoms with Crippen molar-refractivity contribution >= 4 is 52.6 Å². The minimum atomic E-state index is -1.70. The zero-order valence-electron chi connectivity index (χ0n) is 14.9. The van der Waals surface area contributed by atoms with Crippen LogP contribution in [-0.2, 0) is 19.1 Å². The van der Waals surface area contributed by atoms with Gasteiger partial charge in [-0.05, 0) is 25.7 Å². The molecule has 0 bridgehead atoms. The van der Waals surface area contributed by atoms with Crippen molar-refractivity contribution in [1.29, 1.82) is 0 Å². The van der Waals surface area contributed by atoms with E-state index in [1.807, 2.05) is 13.8 Å². The summed E-state index contributed by atoms with van der Waals surface area (Å²) in [6, 6.07) is -2.24. The van der Waals surface area contributed by atoms with Crippen LogP contribution in [0.25, 0.3) is 0 Å². The van der Waals surface area contributed by atoms with Crippen molar-refractivity contribution in [3.63, 3.8) is 0 Å². The van der Waals surface area contributed by atoms with Gasteiger partial charge in [-0.2, -0.15) is 0 Å². The van der Waals surface area contributed by atoms with Gasteiger partial charge in [0.2, 0.25) is 9.70 Å². The minimum absolute atomic E-state index is 0.0533. The predicted octanol–water partition coefficient (Wildman–Crippen LogP) is 0.883. The molecule has 150 valence electrons. The second-order valence-corrected chi connectivity index (χ2v) is 9.05. The topological polar surface area (TPSA) is 114 Å². The molecule has 0 radical (unpaired) electrons. The number of amides is 2. The van der Waals surface area contributed by atoms with Gasteiger partial charge in [0, 0.05) is 6.54 Å². The molecule has 1 aliphatic heterocycles. The maximum atomic E-state index is 12.5. The fourth-order valence-electron chi connectivity index (χ4n) is 2.28. The lowest BCUT2D eigenvalue weighted by Gasteiger charge is -2.34. The molecule has 4 N–H and O–H groups in total. The molecule has 1 aliphatic rings.